The quantitative estimate of drug-likeness (QED) is 0.179. The molecule has 0 unspecified atom stereocenters. The Bertz CT molecular complexity index is 909. The van der Waals surface area contributed by atoms with Gasteiger partial charge >= 0.3 is 11.9 Å². The molecular formula is C16H8Cl20O4. The predicted molar refractivity (Wildman–Crippen MR) is 175 cm³/mol. The van der Waals surface area contributed by atoms with Crippen LogP contribution in [0.25, 0.3) is 0 Å². The van der Waals surface area contributed by atoms with E-state index < -0.39 is 68.5 Å². The molecule has 236 valence electrons. The summed E-state index contributed by atoms with van der Waals surface area (Å²) in [6.45, 7) is 0. The van der Waals surface area contributed by atoms with Crippen molar-refractivity contribution in [3.63, 3.8) is 0 Å². The second kappa shape index (κ2) is 13.6. The summed E-state index contributed by atoms with van der Waals surface area (Å²) >= 11 is 126. The van der Waals surface area contributed by atoms with Gasteiger partial charge in [-0.1, -0.05) is 232 Å². The predicted octanol–water partition coefficient (Wildman–Crippen LogP) is 12.3. The molecule has 0 radical (unpaired) electrons. The van der Waals surface area contributed by atoms with Crippen LogP contribution in [-0.4, -0.2) is 55.6 Å². The molecule has 1 rings (SSSR count). The zero-order valence-corrected chi connectivity index (χ0v) is 33.1. The van der Waals surface area contributed by atoms with Crippen LogP contribution < -0.4 is 0 Å². The second-order valence-electron chi connectivity index (χ2n) is 7.78. The Balaban J connectivity index is 4.02. The summed E-state index contributed by atoms with van der Waals surface area (Å²) in [5, 5.41) is 0. The molecule has 0 amide bonds. The fourth-order valence-corrected chi connectivity index (χ4v) is 9.15. The SMILES string of the molecule is O=C1CCCCC(=O)OC(Cl)(Cl)C(Cl)(Cl)C(Cl)(Cl)C(Cl)(Cl)C(Cl)(Cl)C(Cl)(Cl)C(Cl)(Cl)C(Cl)(Cl)C(Cl)(Cl)C(Cl)(Cl)O1. The van der Waals surface area contributed by atoms with Crippen molar-refractivity contribution in [1.82, 2.24) is 0 Å². The lowest BCUT2D eigenvalue weighted by Gasteiger charge is -2.56. The Labute approximate surface area is 328 Å². The first-order valence-electron chi connectivity index (χ1n) is 9.46. The van der Waals surface area contributed by atoms with E-state index in [1.165, 1.54) is 0 Å². The van der Waals surface area contributed by atoms with E-state index in [1.54, 1.807) is 0 Å². The van der Waals surface area contributed by atoms with Crippen molar-refractivity contribution in [2.75, 3.05) is 0 Å². The van der Waals surface area contributed by atoms with Gasteiger partial charge in [-0.15, -0.1) is 0 Å². The van der Waals surface area contributed by atoms with E-state index in [0.717, 1.165) is 0 Å². The van der Waals surface area contributed by atoms with E-state index in [9.17, 15) is 9.59 Å². The molecular weight excluding hydrogens is 965 g/mol. The highest BCUT2D eigenvalue weighted by Crippen LogP contribution is 2.74. The number of cyclic esters (lactones) is 2. The maximum Gasteiger partial charge on any atom is 0.308 e. The highest BCUT2D eigenvalue weighted by Gasteiger charge is 2.84. The molecule has 40 heavy (non-hydrogen) atoms. The Morgan fingerprint density at radius 2 is 0.525 bits per heavy atom. The van der Waals surface area contributed by atoms with Crippen molar-refractivity contribution in [3.05, 3.63) is 0 Å². The fourth-order valence-electron chi connectivity index (χ4n) is 2.60. The highest BCUT2D eigenvalue weighted by molar-refractivity contribution is 6.82. The van der Waals surface area contributed by atoms with Crippen molar-refractivity contribution >= 4 is 244 Å². The molecule has 1 fully saturated rings. The number of halogens is 20. The molecule has 1 heterocycles. The summed E-state index contributed by atoms with van der Waals surface area (Å²) in [5.41, 5.74) is 0. The minimum Gasteiger partial charge on any atom is -0.425 e. The molecule has 0 saturated carbocycles. The lowest BCUT2D eigenvalue weighted by atomic mass is 10.0. The largest absolute Gasteiger partial charge is 0.425 e. The van der Waals surface area contributed by atoms with Gasteiger partial charge in [0.2, 0.25) is 8.67 Å². The molecule has 0 spiro atoms. The smallest absolute Gasteiger partial charge is 0.308 e. The summed E-state index contributed by atoms with van der Waals surface area (Å²) in [6.07, 6.45) is -0.952. The molecule has 0 aromatic rings. The molecule has 0 aliphatic carbocycles. The maximum atomic E-state index is 12.4. The van der Waals surface area contributed by atoms with E-state index >= 15 is 0 Å². The Hall–Kier alpha value is 4.74. The van der Waals surface area contributed by atoms with Crippen LogP contribution in [0.1, 0.15) is 25.7 Å². The van der Waals surface area contributed by atoms with Crippen molar-refractivity contribution in [1.29, 1.82) is 0 Å². The van der Waals surface area contributed by atoms with Crippen LogP contribution in [0.2, 0.25) is 0 Å². The van der Waals surface area contributed by atoms with Gasteiger partial charge in [-0.05, 0) is 12.8 Å². The summed E-state index contributed by atoms with van der Waals surface area (Å²) in [7, 11) is 0. The molecule has 1 aliphatic heterocycles. The standard InChI is InChI=1S/C16H8Cl20O4/c17-7(18)8(19,20)10(23,24)12(27,28)14(31,32)16(35,36)40-6(38)4-2-1-3-5(37)39-15(33,34)13(29,30)11(25,26)9(7,21)22/h1-4H2. The van der Waals surface area contributed by atoms with Crippen LogP contribution in [-0.2, 0) is 19.1 Å². The fraction of sp³-hybridized carbons (Fsp3) is 0.875. The van der Waals surface area contributed by atoms with Gasteiger partial charge in [0.05, 0.1) is 0 Å². The van der Waals surface area contributed by atoms with Crippen LogP contribution in [0, 0.1) is 0 Å². The van der Waals surface area contributed by atoms with Gasteiger partial charge in [-0.3, -0.25) is 9.59 Å². The van der Waals surface area contributed by atoms with Gasteiger partial charge in [0.1, 0.15) is 0 Å². The molecule has 1 saturated heterocycles. The minimum atomic E-state index is -3.36. The van der Waals surface area contributed by atoms with E-state index in [1.807, 2.05) is 0 Å². The molecule has 0 aromatic carbocycles. The zero-order valence-electron chi connectivity index (χ0n) is 18.0. The Morgan fingerprint density at radius 3 is 0.725 bits per heavy atom. The first-order chi connectivity index (χ1) is 17.2. The number of ether oxygens (including phenoxy) is 2. The third kappa shape index (κ3) is 7.05. The molecule has 0 bridgehead atoms. The number of hydrogen-bond donors (Lipinski definition) is 0. The zero-order chi connectivity index (χ0) is 32.4. The van der Waals surface area contributed by atoms with Crippen LogP contribution in [0.3, 0.4) is 0 Å². The number of carbonyl (C=O) groups is 2. The van der Waals surface area contributed by atoms with Crippen molar-refractivity contribution < 1.29 is 19.1 Å². The van der Waals surface area contributed by atoms with E-state index in [-0.39, 0.29) is 12.8 Å². The topological polar surface area (TPSA) is 52.6 Å². The van der Waals surface area contributed by atoms with Gasteiger partial charge in [-0.2, -0.15) is 0 Å². The Kier molecular flexibility index (Phi) is 14.5. The van der Waals surface area contributed by atoms with E-state index in [2.05, 4.69) is 0 Å². The van der Waals surface area contributed by atoms with Crippen LogP contribution in [0.15, 0.2) is 0 Å². The van der Waals surface area contributed by atoms with Gasteiger partial charge in [-0.25, -0.2) is 0 Å². The van der Waals surface area contributed by atoms with Crippen LogP contribution in [0.4, 0.5) is 0 Å². The third-order valence-corrected chi connectivity index (χ3v) is 18.9. The summed E-state index contributed by atoms with van der Waals surface area (Å²) < 4.78 is -22.4. The monoisotopic (exact) mass is 963 g/mol. The normalized spacial score (nSPS) is 30.6. The lowest BCUT2D eigenvalue weighted by molar-refractivity contribution is -0.150. The van der Waals surface area contributed by atoms with Gasteiger partial charge in [0, 0.05) is 12.8 Å². The van der Waals surface area contributed by atoms with Crippen LogP contribution >= 0.6 is 232 Å². The van der Waals surface area contributed by atoms with Crippen molar-refractivity contribution in [2.45, 2.75) is 69.4 Å². The van der Waals surface area contributed by atoms with Gasteiger partial charge in [0.25, 0.3) is 9.04 Å². The number of alkyl halides is 20. The average Bonchev–Trinajstić information content (AvgIpc) is 2.74. The average molecular weight is 973 g/mol. The first-order valence-corrected chi connectivity index (χ1v) is 17.0. The molecule has 4 nitrogen and oxygen atoms in total. The molecule has 1 aliphatic rings. The molecule has 0 N–H and O–H groups in total. The Morgan fingerprint density at radius 1 is 0.350 bits per heavy atom. The summed E-state index contributed by atoms with van der Waals surface area (Å²) in [5.74, 6) is -2.26. The number of hydrogen-bond acceptors (Lipinski definition) is 4. The molecule has 0 aromatic heterocycles. The van der Waals surface area contributed by atoms with Crippen molar-refractivity contribution in [2.24, 2.45) is 0 Å². The summed E-state index contributed by atoms with van der Waals surface area (Å²) in [4.78, 5) is 24.8. The second-order valence-corrected chi connectivity index (χ2v) is 20.9. The highest BCUT2D eigenvalue weighted by atomic mass is 35.6. The molecule has 0 atom stereocenters. The lowest BCUT2D eigenvalue weighted by Crippen LogP contribution is -2.73. The number of rotatable bonds is 0. The van der Waals surface area contributed by atoms with Gasteiger partial charge in [0.15, 0.2) is 26.0 Å². The first kappa shape index (κ1) is 42.8. The van der Waals surface area contributed by atoms with E-state index in [4.69, 9.17) is 241 Å². The van der Waals surface area contributed by atoms with E-state index in [0.29, 0.717) is 0 Å². The maximum absolute atomic E-state index is 12.4. The van der Waals surface area contributed by atoms with Crippen molar-refractivity contribution in [3.8, 4) is 0 Å². The minimum absolute atomic E-state index is 0.0451. The van der Waals surface area contributed by atoms with Gasteiger partial charge < -0.3 is 9.47 Å². The number of carbonyl (C=O) groups excluding carboxylic acids is 2. The summed E-state index contributed by atoms with van der Waals surface area (Å²) in [6, 6.07) is 0. The van der Waals surface area contributed by atoms with Crippen LogP contribution in [0.5, 0.6) is 0 Å². The third-order valence-electron chi connectivity index (χ3n) is 4.99. The number of esters is 2. The molecule has 24 heteroatoms.